The van der Waals surface area contributed by atoms with E-state index in [4.69, 9.17) is 10.8 Å². The van der Waals surface area contributed by atoms with Gasteiger partial charge in [-0.05, 0) is 19.9 Å². The van der Waals surface area contributed by atoms with Crippen molar-refractivity contribution >= 4 is 17.4 Å². The number of rotatable bonds is 3. The summed E-state index contributed by atoms with van der Waals surface area (Å²) in [6, 6.07) is 1.73. The summed E-state index contributed by atoms with van der Waals surface area (Å²) >= 11 is 1.39. The van der Waals surface area contributed by atoms with E-state index in [-0.39, 0.29) is 22.6 Å². The standard InChI is InChI=1S/C9H14N2O2S/c1-9(2,5-12)14-6-3-4-11-8(13)7(6)10/h3-4,12H,5,10H2,1-2H3,(H,11,13). The Morgan fingerprint density at radius 2 is 2.29 bits per heavy atom. The van der Waals surface area contributed by atoms with Crippen LogP contribution in [0.4, 0.5) is 5.69 Å². The molecule has 4 nitrogen and oxygen atoms in total. The van der Waals surface area contributed by atoms with E-state index in [0.29, 0.717) is 4.90 Å². The Labute approximate surface area is 86.5 Å². The summed E-state index contributed by atoms with van der Waals surface area (Å²) in [6.07, 6.45) is 1.55. The number of anilines is 1. The molecule has 0 aliphatic heterocycles. The molecular weight excluding hydrogens is 200 g/mol. The van der Waals surface area contributed by atoms with E-state index in [1.54, 1.807) is 12.3 Å². The molecule has 0 saturated carbocycles. The maximum atomic E-state index is 11.2. The minimum Gasteiger partial charge on any atom is -0.395 e. The van der Waals surface area contributed by atoms with E-state index in [2.05, 4.69) is 4.98 Å². The van der Waals surface area contributed by atoms with Gasteiger partial charge in [0.15, 0.2) is 0 Å². The quantitative estimate of drug-likeness (QED) is 0.651. The number of nitrogen functional groups attached to an aromatic ring is 1. The smallest absolute Gasteiger partial charge is 0.272 e. The molecule has 1 rings (SSSR count). The van der Waals surface area contributed by atoms with Crippen LogP contribution < -0.4 is 11.3 Å². The number of nitrogens with two attached hydrogens (primary N) is 1. The molecule has 0 aliphatic rings. The summed E-state index contributed by atoms with van der Waals surface area (Å²) in [5.41, 5.74) is 5.52. The van der Waals surface area contributed by atoms with Gasteiger partial charge in [-0.3, -0.25) is 4.79 Å². The third kappa shape index (κ3) is 2.52. The normalized spacial score (nSPS) is 11.6. The minimum atomic E-state index is -0.331. The molecule has 0 unspecified atom stereocenters. The molecule has 4 N–H and O–H groups in total. The van der Waals surface area contributed by atoms with Crippen molar-refractivity contribution in [3.05, 3.63) is 22.6 Å². The number of nitrogens with one attached hydrogen (secondary N) is 1. The molecule has 0 bridgehead atoms. The van der Waals surface area contributed by atoms with Crippen molar-refractivity contribution in [2.75, 3.05) is 12.3 Å². The van der Waals surface area contributed by atoms with Crippen molar-refractivity contribution in [1.82, 2.24) is 4.98 Å². The predicted octanol–water partition coefficient (Wildman–Crippen LogP) is 0.820. The number of thioether (sulfide) groups is 1. The fourth-order valence-corrected chi connectivity index (χ4v) is 1.89. The molecule has 0 fully saturated rings. The fraction of sp³-hybridized carbons (Fsp3) is 0.444. The largest absolute Gasteiger partial charge is 0.395 e. The average Bonchev–Trinajstić information content (AvgIpc) is 2.13. The third-order valence-electron chi connectivity index (χ3n) is 1.73. The third-order valence-corrected chi connectivity index (χ3v) is 2.98. The number of pyridine rings is 1. The van der Waals surface area contributed by atoms with E-state index >= 15 is 0 Å². The lowest BCUT2D eigenvalue weighted by atomic mass is 10.2. The summed E-state index contributed by atoms with van der Waals surface area (Å²) in [5, 5.41) is 9.07. The number of aromatic nitrogens is 1. The first-order chi connectivity index (χ1) is 6.46. The van der Waals surface area contributed by atoms with Crippen LogP contribution in [0.15, 0.2) is 22.0 Å². The Morgan fingerprint density at radius 3 is 2.86 bits per heavy atom. The predicted molar refractivity (Wildman–Crippen MR) is 58.5 cm³/mol. The monoisotopic (exact) mass is 214 g/mol. The molecule has 0 aliphatic carbocycles. The molecule has 1 heterocycles. The van der Waals surface area contributed by atoms with Gasteiger partial charge in [0.2, 0.25) is 0 Å². The van der Waals surface area contributed by atoms with Crippen LogP contribution in [0.5, 0.6) is 0 Å². The zero-order valence-corrected chi connectivity index (χ0v) is 9.02. The maximum Gasteiger partial charge on any atom is 0.272 e. The van der Waals surface area contributed by atoms with E-state index in [0.717, 1.165) is 0 Å². The average molecular weight is 214 g/mol. The number of aliphatic hydroxyl groups is 1. The summed E-state index contributed by atoms with van der Waals surface area (Å²) in [7, 11) is 0. The lowest BCUT2D eigenvalue weighted by Crippen LogP contribution is -2.21. The van der Waals surface area contributed by atoms with Crippen molar-refractivity contribution < 1.29 is 5.11 Å². The van der Waals surface area contributed by atoms with Gasteiger partial charge in [0.25, 0.3) is 5.56 Å². The topological polar surface area (TPSA) is 79.1 Å². The SMILES string of the molecule is CC(C)(CO)Sc1cc[nH]c(=O)c1N. The van der Waals surface area contributed by atoms with Crippen molar-refractivity contribution in [3.63, 3.8) is 0 Å². The van der Waals surface area contributed by atoms with E-state index in [1.807, 2.05) is 13.8 Å². The Balaban J connectivity index is 2.98. The molecule has 5 heteroatoms. The summed E-state index contributed by atoms with van der Waals surface area (Å²) in [6.45, 7) is 3.81. The number of hydrogen-bond acceptors (Lipinski definition) is 4. The zero-order chi connectivity index (χ0) is 10.8. The summed E-state index contributed by atoms with van der Waals surface area (Å²) < 4.78 is -0.331. The van der Waals surface area contributed by atoms with Gasteiger partial charge < -0.3 is 15.8 Å². The van der Waals surface area contributed by atoms with Crippen LogP contribution in [0.2, 0.25) is 0 Å². The second-order valence-electron chi connectivity index (χ2n) is 3.60. The van der Waals surface area contributed by atoms with Crippen molar-refractivity contribution in [2.45, 2.75) is 23.5 Å². The molecular formula is C9H14N2O2S. The second kappa shape index (κ2) is 4.06. The molecule has 0 radical (unpaired) electrons. The Kier molecular flexibility index (Phi) is 3.23. The van der Waals surface area contributed by atoms with E-state index in [1.165, 1.54) is 11.8 Å². The molecule has 0 amide bonds. The molecule has 14 heavy (non-hydrogen) atoms. The fourth-order valence-electron chi connectivity index (χ4n) is 0.891. The summed E-state index contributed by atoms with van der Waals surface area (Å²) in [5.74, 6) is 0. The van der Waals surface area contributed by atoms with Gasteiger partial charge in [-0.25, -0.2) is 0 Å². The summed E-state index contributed by atoms with van der Waals surface area (Å²) in [4.78, 5) is 14.3. The molecule has 0 saturated heterocycles. The van der Waals surface area contributed by atoms with Gasteiger partial charge in [-0.1, -0.05) is 0 Å². The number of aromatic amines is 1. The lowest BCUT2D eigenvalue weighted by molar-refractivity contribution is 0.265. The number of aliphatic hydroxyl groups excluding tert-OH is 1. The van der Waals surface area contributed by atoms with Gasteiger partial charge in [0.05, 0.1) is 6.61 Å². The molecule has 1 aromatic heterocycles. The Bertz CT molecular complexity index is 373. The van der Waals surface area contributed by atoms with Crippen molar-refractivity contribution in [1.29, 1.82) is 0 Å². The van der Waals surface area contributed by atoms with Crippen LogP contribution >= 0.6 is 11.8 Å². The first-order valence-corrected chi connectivity index (χ1v) is 5.05. The van der Waals surface area contributed by atoms with Gasteiger partial charge in [-0.15, -0.1) is 11.8 Å². The molecule has 0 aromatic carbocycles. The van der Waals surface area contributed by atoms with E-state index in [9.17, 15) is 4.79 Å². The lowest BCUT2D eigenvalue weighted by Gasteiger charge is -2.21. The molecule has 0 spiro atoms. The van der Waals surface area contributed by atoms with Crippen LogP contribution in [-0.4, -0.2) is 21.4 Å². The Hall–Kier alpha value is -0.940. The zero-order valence-electron chi connectivity index (χ0n) is 8.20. The van der Waals surface area contributed by atoms with Gasteiger partial charge in [-0.2, -0.15) is 0 Å². The second-order valence-corrected chi connectivity index (χ2v) is 5.35. The van der Waals surface area contributed by atoms with Crippen LogP contribution in [0, 0.1) is 0 Å². The highest BCUT2D eigenvalue weighted by Gasteiger charge is 2.19. The van der Waals surface area contributed by atoms with E-state index < -0.39 is 0 Å². The van der Waals surface area contributed by atoms with Crippen molar-refractivity contribution in [2.24, 2.45) is 0 Å². The molecule has 1 aromatic rings. The maximum absolute atomic E-state index is 11.2. The minimum absolute atomic E-state index is 0.0317. The van der Waals surface area contributed by atoms with Crippen LogP contribution in [0.1, 0.15) is 13.8 Å². The first-order valence-electron chi connectivity index (χ1n) is 4.23. The van der Waals surface area contributed by atoms with Gasteiger partial charge >= 0.3 is 0 Å². The highest BCUT2D eigenvalue weighted by Crippen LogP contribution is 2.33. The number of H-pyrrole nitrogens is 1. The Morgan fingerprint density at radius 1 is 1.64 bits per heavy atom. The van der Waals surface area contributed by atoms with Crippen LogP contribution in [0.3, 0.4) is 0 Å². The van der Waals surface area contributed by atoms with Crippen molar-refractivity contribution in [3.8, 4) is 0 Å². The van der Waals surface area contributed by atoms with Gasteiger partial charge in [0.1, 0.15) is 5.69 Å². The highest BCUT2D eigenvalue weighted by molar-refractivity contribution is 8.00. The highest BCUT2D eigenvalue weighted by atomic mass is 32.2. The number of hydrogen-bond donors (Lipinski definition) is 3. The van der Waals surface area contributed by atoms with Crippen LogP contribution in [-0.2, 0) is 0 Å². The van der Waals surface area contributed by atoms with Crippen LogP contribution in [0.25, 0.3) is 0 Å². The van der Waals surface area contributed by atoms with Gasteiger partial charge in [0, 0.05) is 15.8 Å². The first kappa shape index (κ1) is 11.1. The molecule has 0 atom stereocenters. The molecule has 78 valence electrons.